The molecule has 2 heterocycles. The standard InChI is InChI=1S/C18H14ClN5/c1-12-6-2-4-8-15(12)18-21-23-24(22-18)11-14-10-13-7-3-5-9-16(13)20-17(14)19/h2-10H,11H2,1H3. The number of aryl methyl sites for hydroxylation is 1. The molecule has 2 aromatic heterocycles. The molecule has 0 bridgehead atoms. The number of hydrogen-bond acceptors (Lipinski definition) is 4. The summed E-state index contributed by atoms with van der Waals surface area (Å²) in [5.41, 5.74) is 3.83. The van der Waals surface area contributed by atoms with Crippen LogP contribution in [0.3, 0.4) is 0 Å². The minimum Gasteiger partial charge on any atom is -0.236 e. The van der Waals surface area contributed by atoms with Crippen molar-refractivity contribution in [1.82, 2.24) is 25.2 Å². The van der Waals surface area contributed by atoms with Crippen molar-refractivity contribution in [2.45, 2.75) is 13.5 Å². The van der Waals surface area contributed by atoms with Gasteiger partial charge in [-0.3, -0.25) is 0 Å². The Labute approximate surface area is 143 Å². The van der Waals surface area contributed by atoms with Crippen molar-refractivity contribution >= 4 is 22.5 Å². The van der Waals surface area contributed by atoms with E-state index in [0.29, 0.717) is 17.5 Å². The first-order chi connectivity index (χ1) is 11.7. The lowest BCUT2D eigenvalue weighted by atomic mass is 10.1. The van der Waals surface area contributed by atoms with Crippen molar-refractivity contribution < 1.29 is 0 Å². The topological polar surface area (TPSA) is 56.5 Å². The summed E-state index contributed by atoms with van der Waals surface area (Å²) in [6.07, 6.45) is 0. The number of para-hydroxylation sites is 1. The third kappa shape index (κ3) is 2.74. The molecule has 24 heavy (non-hydrogen) atoms. The molecule has 0 radical (unpaired) electrons. The average molecular weight is 336 g/mol. The van der Waals surface area contributed by atoms with Gasteiger partial charge in [-0.15, -0.1) is 10.2 Å². The highest BCUT2D eigenvalue weighted by Gasteiger charge is 2.11. The predicted molar refractivity (Wildman–Crippen MR) is 93.8 cm³/mol. The van der Waals surface area contributed by atoms with Crippen LogP contribution in [-0.4, -0.2) is 25.2 Å². The number of nitrogens with zero attached hydrogens (tertiary/aromatic N) is 5. The molecule has 0 unspecified atom stereocenters. The van der Waals surface area contributed by atoms with E-state index in [1.54, 1.807) is 4.80 Å². The van der Waals surface area contributed by atoms with Gasteiger partial charge in [0.25, 0.3) is 0 Å². The Hall–Kier alpha value is -2.79. The summed E-state index contributed by atoms with van der Waals surface area (Å²) < 4.78 is 0. The second-order valence-electron chi connectivity index (χ2n) is 5.59. The number of halogens is 1. The Morgan fingerprint density at radius 2 is 1.83 bits per heavy atom. The van der Waals surface area contributed by atoms with Gasteiger partial charge in [0.15, 0.2) is 0 Å². The normalized spacial score (nSPS) is 11.1. The average Bonchev–Trinajstić information content (AvgIpc) is 3.04. The molecular formula is C18H14ClN5. The fourth-order valence-corrected chi connectivity index (χ4v) is 2.85. The van der Waals surface area contributed by atoms with Crippen LogP contribution >= 0.6 is 11.6 Å². The molecule has 0 atom stereocenters. The molecule has 4 rings (SSSR count). The van der Waals surface area contributed by atoms with Gasteiger partial charge in [0.05, 0.1) is 12.1 Å². The zero-order valence-corrected chi connectivity index (χ0v) is 13.8. The molecule has 5 nitrogen and oxygen atoms in total. The first kappa shape index (κ1) is 14.8. The van der Waals surface area contributed by atoms with Gasteiger partial charge in [0.1, 0.15) is 5.15 Å². The smallest absolute Gasteiger partial charge is 0.205 e. The molecule has 0 N–H and O–H groups in total. The largest absolute Gasteiger partial charge is 0.236 e. The molecule has 0 saturated heterocycles. The lowest BCUT2D eigenvalue weighted by molar-refractivity contribution is 0.572. The summed E-state index contributed by atoms with van der Waals surface area (Å²) in [6, 6.07) is 17.9. The van der Waals surface area contributed by atoms with Gasteiger partial charge in [-0.05, 0) is 29.8 Å². The zero-order chi connectivity index (χ0) is 16.5. The minimum absolute atomic E-state index is 0.426. The van der Waals surface area contributed by atoms with Crippen LogP contribution in [0, 0.1) is 6.92 Å². The van der Waals surface area contributed by atoms with Crippen molar-refractivity contribution in [2.75, 3.05) is 0 Å². The fraction of sp³-hybridized carbons (Fsp3) is 0.111. The maximum atomic E-state index is 6.30. The zero-order valence-electron chi connectivity index (χ0n) is 13.0. The molecule has 0 aliphatic heterocycles. The molecule has 0 saturated carbocycles. The van der Waals surface area contributed by atoms with Crippen LogP contribution in [-0.2, 0) is 6.54 Å². The van der Waals surface area contributed by atoms with Crippen LogP contribution in [0.5, 0.6) is 0 Å². The number of benzene rings is 2. The van der Waals surface area contributed by atoms with Gasteiger partial charge in [-0.1, -0.05) is 54.1 Å². The molecule has 0 aliphatic rings. The molecule has 0 spiro atoms. The number of fused-ring (bicyclic) bond motifs is 1. The number of pyridine rings is 1. The SMILES string of the molecule is Cc1ccccc1-c1nnn(Cc2cc3ccccc3nc2Cl)n1. The Bertz CT molecular complexity index is 1020. The van der Waals surface area contributed by atoms with Gasteiger partial charge in [-0.25, -0.2) is 4.98 Å². The van der Waals surface area contributed by atoms with E-state index in [1.165, 1.54) is 0 Å². The van der Waals surface area contributed by atoms with E-state index < -0.39 is 0 Å². The van der Waals surface area contributed by atoms with Crippen LogP contribution in [0.2, 0.25) is 5.15 Å². The van der Waals surface area contributed by atoms with Gasteiger partial charge < -0.3 is 0 Å². The minimum atomic E-state index is 0.426. The quantitative estimate of drug-likeness (QED) is 0.533. The highest BCUT2D eigenvalue weighted by atomic mass is 35.5. The molecule has 0 amide bonds. The fourth-order valence-electron chi connectivity index (χ4n) is 2.64. The predicted octanol–water partition coefficient (Wildman–Crippen LogP) is 3.90. The Morgan fingerprint density at radius 1 is 1.04 bits per heavy atom. The molecule has 4 aromatic rings. The van der Waals surface area contributed by atoms with E-state index in [9.17, 15) is 0 Å². The second-order valence-corrected chi connectivity index (χ2v) is 5.95. The first-order valence-corrected chi connectivity index (χ1v) is 7.96. The molecule has 2 aromatic carbocycles. The molecule has 118 valence electrons. The monoisotopic (exact) mass is 335 g/mol. The number of hydrogen-bond donors (Lipinski definition) is 0. The van der Waals surface area contributed by atoms with Gasteiger partial charge in [-0.2, -0.15) is 4.80 Å². The highest BCUT2D eigenvalue weighted by molar-refractivity contribution is 6.30. The number of tetrazole rings is 1. The molecule has 0 aliphatic carbocycles. The third-order valence-corrected chi connectivity index (χ3v) is 4.23. The van der Waals surface area contributed by atoms with E-state index >= 15 is 0 Å². The van der Waals surface area contributed by atoms with Crippen molar-refractivity contribution in [1.29, 1.82) is 0 Å². The van der Waals surface area contributed by atoms with Gasteiger partial charge in [0, 0.05) is 16.5 Å². The van der Waals surface area contributed by atoms with E-state index in [1.807, 2.05) is 61.5 Å². The third-order valence-electron chi connectivity index (χ3n) is 3.90. The summed E-state index contributed by atoms with van der Waals surface area (Å²) in [6.45, 7) is 2.45. The lowest BCUT2D eigenvalue weighted by Crippen LogP contribution is -2.05. The maximum absolute atomic E-state index is 6.30. The summed E-state index contributed by atoms with van der Waals surface area (Å²) in [7, 11) is 0. The molecular weight excluding hydrogens is 322 g/mol. The summed E-state index contributed by atoms with van der Waals surface area (Å²) in [4.78, 5) is 5.97. The van der Waals surface area contributed by atoms with Crippen LogP contribution < -0.4 is 0 Å². The van der Waals surface area contributed by atoms with Crippen LogP contribution in [0.25, 0.3) is 22.3 Å². The Kier molecular flexibility index (Phi) is 3.70. The Balaban J connectivity index is 1.67. The van der Waals surface area contributed by atoms with E-state index in [0.717, 1.165) is 27.6 Å². The van der Waals surface area contributed by atoms with Crippen LogP contribution in [0.4, 0.5) is 0 Å². The van der Waals surface area contributed by atoms with E-state index in [2.05, 4.69) is 20.4 Å². The van der Waals surface area contributed by atoms with E-state index in [4.69, 9.17) is 11.6 Å². The van der Waals surface area contributed by atoms with Gasteiger partial charge in [0.2, 0.25) is 5.82 Å². The van der Waals surface area contributed by atoms with Crippen molar-refractivity contribution in [3.05, 3.63) is 70.9 Å². The Morgan fingerprint density at radius 3 is 2.71 bits per heavy atom. The summed E-state index contributed by atoms with van der Waals surface area (Å²) in [5, 5.41) is 14.3. The van der Waals surface area contributed by atoms with Crippen molar-refractivity contribution in [2.24, 2.45) is 0 Å². The first-order valence-electron chi connectivity index (χ1n) is 7.59. The van der Waals surface area contributed by atoms with Crippen LogP contribution in [0.15, 0.2) is 54.6 Å². The number of aromatic nitrogens is 5. The van der Waals surface area contributed by atoms with Crippen LogP contribution in [0.1, 0.15) is 11.1 Å². The van der Waals surface area contributed by atoms with Crippen molar-refractivity contribution in [3.63, 3.8) is 0 Å². The summed E-state index contributed by atoms with van der Waals surface area (Å²) in [5.74, 6) is 0.609. The molecule has 6 heteroatoms. The number of rotatable bonds is 3. The maximum Gasteiger partial charge on any atom is 0.205 e. The lowest BCUT2D eigenvalue weighted by Gasteiger charge is -2.05. The molecule has 0 fully saturated rings. The highest BCUT2D eigenvalue weighted by Crippen LogP contribution is 2.22. The van der Waals surface area contributed by atoms with Gasteiger partial charge >= 0.3 is 0 Å². The summed E-state index contributed by atoms with van der Waals surface area (Å²) >= 11 is 6.30. The van der Waals surface area contributed by atoms with E-state index in [-0.39, 0.29) is 0 Å². The van der Waals surface area contributed by atoms with Crippen molar-refractivity contribution in [3.8, 4) is 11.4 Å². The second kappa shape index (κ2) is 6.02.